The van der Waals surface area contributed by atoms with Gasteiger partial charge in [0, 0.05) is 6.54 Å². The van der Waals surface area contributed by atoms with E-state index in [0.29, 0.717) is 6.54 Å². The summed E-state index contributed by atoms with van der Waals surface area (Å²) in [6, 6.07) is 0. The normalized spacial score (nSPS) is 22.7. The summed E-state index contributed by atoms with van der Waals surface area (Å²) in [5, 5.41) is 2.50. The molecule has 5 nitrogen and oxygen atoms in total. The number of sulfonamides is 1. The maximum absolute atomic E-state index is 11.6. The van der Waals surface area contributed by atoms with Gasteiger partial charge in [-0.25, -0.2) is 8.42 Å². The van der Waals surface area contributed by atoms with Gasteiger partial charge in [0.25, 0.3) is 0 Å². The fraction of sp³-hybridized carbons (Fsp3) is 0.889. The van der Waals surface area contributed by atoms with Crippen molar-refractivity contribution >= 4 is 15.9 Å². The van der Waals surface area contributed by atoms with Crippen LogP contribution in [0.4, 0.5) is 0 Å². The number of carbonyl (C=O) groups is 1. The minimum absolute atomic E-state index is 0.215. The van der Waals surface area contributed by atoms with E-state index in [-0.39, 0.29) is 11.8 Å². The largest absolute Gasteiger partial charge is 0.316 e. The Bertz CT molecular complexity index is 318. The fourth-order valence-electron chi connectivity index (χ4n) is 1.42. The molecule has 1 aliphatic rings. The average Bonchev–Trinajstić information content (AvgIpc) is 2.18. The monoisotopic (exact) mass is 234 g/mol. The van der Waals surface area contributed by atoms with E-state index in [1.807, 2.05) is 0 Å². The molecule has 1 heterocycles. The van der Waals surface area contributed by atoms with E-state index in [1.165, 1.54) is 0 Å². The minimum atomic E-state index is -3.47. The highest BCUT2D eigenvalue weighted by molar-refractivity contribution is 7.90. The molecule has 1 atom stereocenters. The molecule has 0 saturated carbocycles. The summed E-state index contributed by atoms with van der Waals surface area (Å²) >= 11 is 0. The second-order valence-corrected chi connectivity index (χ2v) is 6.34. The van der Waals surface area contributed by atoms with E-state index >= 15 is 0 Å². The molecule has 0 aromatic heterocycles. The van der Waals surface area contributed by atoms with E-state index in [2.05, 4.69) is 10.0 Å². The van der Waals surface area contributed by atoms with Crippen molar-refractivity contribution in [3.63, 3.8) is 0 Å². The Kier molecular flexibility index (Phi) is 4.10. The van der Waals surface area contributed by atoms with Crippen LogP contribution >= 0.6 is 0 Å². The molecular formula is C9H18N2O3S. The zero-order valence-corrected chi connectivity index (χ0v) is 9.93. The molecule has 6 heteroatoms. The molecule has 2 N–H and O–H groups in total. The van der Waals surface area contributed by atoms with Crippen LogP contribution in [0.5, 0.6) is 0 Å². The summed E-state index contributed by atoms with van der Waals surface area (Å²) in [6.07, 6.45) is 1.67. The van der Waals surface area contributed by atoms with Crippen LogP contribution in [0, 0.1) is 5.92 Å². The molecule has 0 aromatic carbocycles. The van der Waals surface area contributed by atoms with Crippen LogP contribution in [-0.2, 0) is 14.8 Å². The van der Waals surface area contributed by atoms with Gasteiger partial charge in [0.15, 0.2) is 0 Å². The minimum Gasteiger partial charge on any atom is -0.316 e. The Hall–Kier alpha value is -0.620. The Morgan fingerprint density at radius 3 is 2.60 bits per heavy atom. The van der Waals surface area contributed by atoms with Crippen molar-refractivity contribution in [3.8, 4) is 0 Å². The number of piperidine rings is 1. The second-order valence-electron chi connectivity index (χ2n) is 4.10. The summed E-state index contributed by atoms with van der Waals surface area (Å²) in [6.45, 7) is 4.57. The molecule has 1 saturated heterocycles. The zero-order valence-electron chi connectivity index (χ0n) is 9.12. The molecule has 0 bridgehead atoms. The third-order valence-corrected chi connectivity index (χ3v) is 4.26. The third-order valence-electron chi connectivity index (χ3n) is 2.53. The highest BCUT2D eigenvalue weighted by atomic mass is 32.2. The first-order valence-electron chi connectivity index (χ1n) is 5.19. The van der Waals surface area contributed by atoms with Crippen molar-refractivity contribution in [1.29, 1.82) is 0 Å². The molecule has 0 aliphatic carbocycles. The number of hydrogen-bond acceptors (Lipinski definition) is 4. The van der Waals surface area contributed by atoms with Gasteiger partial charge >= 0.3 is 0 Å². The summed E-state index contributed by atoms with van der Waals surface area (Å²) in [4.78, 5) is 11.6. The van der Waals surface area contributed by atoms with Crippen molar-refractivity contribution < 1.29 is 13.2 Å². The first-order chi connectivity index (χ1) is 6.93. The lowest BCUT2D eigenvalue weighted by Crippen LogP contribution is -2.44. The van der Waals surface area contributed by atoms with Crippen LogP contribution in [0.1, 0.15) is 26.7 Å². The van der Waals surface area contributed by atoms with Gasteiger partial charge in [-0.15, -0.1) is 0 Å². The summed E-state index contributed by atoms with van der Waals surface area (Å²) in [5.41, 5.74) is 0. The molecule has 0 unspecified atom stereocenters. The maximum atomic E-state index is 11.6. The highest BCUT2D eigenvalue weighted by Crippen LogP contribution is 2.10. The zero-order chi connectivity index (χ0) is 11.5. The summed E-state index contributed by atoms with van der Waals surface area (Å²) in [7, 11) is -3.47. The average molecular weight is 234 g/mol. The molecule has 1 fully saturated rings. The van der Waals surface area contributed by atoms with Crippen molar-refractivity contribution in [3.05, 3.63) is 0 Å². The molecule has 15 heavy (non-hydrogen) atoms. The predicted octanol–water partition coefficient (Wildman–Crippen LogP) is -0.160. The molecule has 0 radical (unpaired) electrons. The maximum Gasteiger partial charge on any atom is 0.237 e. The fourth-order valence-corrected chi connectivity index (χ4v) is 2.10. The van der Waals surface area contributed by atoms with Crippen molar-refractivity contribution in [1.82, 2.24) is 10.0 Å². The van der Waals surface area contributed by atoms with E-state index in [4.69, 9.17) is 0 Å². The molecule has 1 rings (SSSR count). The molecule has 0 aromatic rings. The Labute approximate surface area is 90.7 Å². The van der Waals surface area contributed by atoms with Gasteiger partial charge in [-0.1, -0.05) is 0 Å². The molecular weight excluding hydrogens is 216 g/mol. The first-order valence-corrected chi connectivity index (χ1v) is 6.74. The first kappa shape index (κ1) is 12.4. The topological polar surface area (TPSA) is 75.3 Å². The smallest absolute Gasteiger partial charge is 0.237 e. The van der Waals surface area contributed by atoms with Crippen molar-refractivity contribution in [2.45, 2.75) is 31.9 Å². The lowest BCUT2D eigenvalue weighted by Gasteiger charge is -2.22. The standard InChI is InChI=1S/C9H18N2O3S/c1-7(2)15(13,14)11-9(12)8-4-3-5-10-6-8/h7-8,10H,3-6H2,1-2H3,(H,11,12)/t8-/m1/s1. The van der Waals surface area contributed by atoms with Crippen LogP contribution < -0.4 is 10.0 Å². The summed E-state index contributed by atoms with van der Waals surface area (Å²) in [5.74, 6) is -0.594. The van der Waals surface area contributed by atoms with E-state index in [9.17, 15) is 13.2 Å². The van der Waals surface area contributed by atoms with Gasteiger partial charge in [0.05, 0.1) is 11.2 Å². The Morgan fingerprint density at radius 1 is 1.47 bits per heavy atom. The van der Waals surface area contributed by atoms with E-state index in [1.54, 1.807) is 13.8 Å². The van der Waals surface area contributed by atoms with Gasteiger partial charge in [0.2, 0.25) is 15.9 Å². The third kappa shape index (κ3) is 3.46. The number of rotatable bonds is 3. The van der Waals surface area contributed by atoms with Crippen molar-refractivity contribution in [2.75, 3.05) is 13.1 Å². The number of amides is 1. The SMILES string of the molecule is CC(C)S(=O)(=O)NC(=O)[C@@H]1CCCNC1. The van der Waals surface area contributed by atoms with Gasteiger partial charge < -0.3 is 5.32 Å². The van der Waals surface area contributed by atoms with Crippen LogP contribution in [-0.4, -0.2) is 32.7 Å². The van der Waals surface area contributed by atoms with Crippen LogP contribution in [0.25, 0.3) is 0 Å². The van der Waals surface area contributed by atoms with E-state index in [0.717, 1.165) is 19.4 Å². The Morgan fingerprint density at radius 2 is 2.13 bits per heavy atom. The lowest BCUT2D eigenvalue weighted by atomic mass is 9.99. The van der Waals surface area contributed by atoms with E-state index < -0.39 is 15.3 Å². The lowest BCUT2D eigenvalue weighted by molar-refractivity contribution is -0.123. The van der Waals surface area contributed by atoms with Crippen LogP contribution in [0.3, 0.4) is 0 Å². The van der Waals surface area contributed by atoms with Gasteiger partial charge in [-0.3, -0.25) is 9.52 Å². The van der Waals surface area contributed by atoms with Gasteiger partial charge in [0.1, 0.15) is 0 Å². The number of nitrogens with one attached hydrogen (secondary N) is 2. The van der Waals surface area contributed by atoms with Gasteiger partial charge in [-0.05, 0) is 33.2 Å². The second kappa shape index (κ2) is 4.94. The summed E-state index contributed by atoms with van der Waals surface area (Å²) < 4.78 is 25.0. The highest BCUT2D eigenvalue weighted by Gasteiger charge is 2.26. The Balaban J connectivity index is 2.55. The quantitative estimate of drug-likeness (QED) is 0.711. The predicted molar refractivity (Wildman–Crippen MR) is 57.8 cm³/mol. The van der Waals surface area contributed by atoms with Crippen LogP contribution in [0.2, 0.25) is 0 Å². The molecule has 0 spiro atoms. The number of carbonyl (C=O) groups excluding carboxylic acids is 1. The molecule has 1 amide bonds. The number of hydrogen-bond donors (Lipinski definition) is 2. The molecule has 1 aliphatic heterocycles. The van der Waals surface area contributed by atoms with Gasteiger partial charge in [-0.2, -0.15) is 0 Å². The van der Waals surface area contributed by atoms with Crippen molar-refractivity contribution in [2.24, 2.45) is 5.92 Å². The van der Waals surface area contributed by atoms with Crippen LogP contribution in [0.15, 0.2) is 0 Å². The molecule has 88 valence electrons.